The molecule has 0 fully saturated rings. The van der Waals surface area contributed by atoms with Gasteiger partial charge in [-0.3, -0.25) is 14.4 Å². The summed E-state index contributed by atoms with van der Waals surface area (Å²) in [5, 5.41) is 8.85. The van der Waals surface area contributed by atoms with Crippen LogP contribution in [-0.4, -0.2) is 30.8 Å². The summed E-state index contributed by atoms with van der Waals surface area (Å²) in [4.78, 5) is 35.8. The molecule has 0 radical (unpaired) electrons. The fourth-order valence-corrected chi connectivity index (χ4v) is 2.79. The minimum atomic E-state index is -0.347. The summed E-state index contributed by atoms with van der Waals surface area (Å²) in [6, 6.07) is 16.0. The van der Waals surface area contributed by atoms with Gasteiger partial charge in [0.1, 0.15) is 5.58 Å². The van der Waals surface area contributed by atoms with E-state index in [0.717, 1.165) is 10.9 Å². The molecule has 3 amide bonds. The van der Waals surface area contributed by atoms with Crippen LogP contribution in [0.2, 0.25) is 0 Å². The number of para-hydroxylation sites is 1. The van der Waals surface area contributed by atoms with Gasteiger partial charge in [-0.05, 0) is 29.8 Å². The molecule has 3 N–H and O–H groups in total. The molecule has 2 aromatic carbocycles. The van der Waals surface area contributed by atoms with Gasteiger partial charge in [0.15, 0.2) is 5.76 Å². The molecule has 0 aliphatic heterocycles. The van der Waals surface area contributed by atoms with Gasteiger partial charge in [0, 0.05) is 24.0 Å². The molecule has 1 aromatic heterocycles. The molecule has 0 saturated heterocycles. The predicted octanol–water partition coefficient (Wildman–Crippen LogP) is 2.48. The first-order valence-corrected chi connectivity index (χ1v) is 9.41. The van der Waals surface area contributed by atoms with Gasteiger partial charge in [-0.1, -0.05) is 36.3 Å². The first-order valence-electron chi connectivity index (χ1n) is 9.41. The standard InChI is InChI=1S/C23H21N3O4/c1-2-12-24-21(27)11-13-25-22(28)14-16-7-9-18(10-8-16)26-23(29)20-15-17-5-3-4-6-19(17)30-20/h1,3-10,15H,11-14H2,(H,24,27)(H,25,28)(H,26,29). The maximum absolute atomic E-state index is 12.4. The van der Waals surface area contributed by atoms with E-state index in [1.165, 1.54) is 0 Å². The molecular formula is C23H21N3O4. The van der Waals surface area contributed by atoms with Crippen molar-refractivity contribution in [3.63, 3.8) is 0 Å². The Hall–Kier alpha value is -4.05. The van der Waals surface area contributed by atoms with Crippen molar-refractivity contribution in [3.8, 4) is 12.3 Å². The van der Waals surface area contributed by atoms with Gasteiger partial charge in [-0.25, -0.2) is 0 Å². The molecule has 152 valence electrons. The van der Waals surface area contributed by atoms with Crippen LogP contribution in [0.15, 0.2) is 59.0 Å². The van der Waals surface area contributed by atoms with E-state index in [4.69, 9.17) is 10.8 Å². The normalized spacial score (nSPS) is 10.2. The topological polar surface area (TPSA) is 100 Å². The number of fused-ring (bicyclic) bond motifs is 1. The van der Waals surface area contributed by atoms with Crippen LogP contribution in [0.25, 0.3) is 11.0 Å². The Labute approximate surface area is 173 Å². The van der Waals surface area contributed by atoms with Gasteiger partial charge in [-0.15, -0.1) is 6.42 Å². The first-order chi connectivity index (χ1) is 14.5. The molecular weight excluding hydrogens is 382 g/mol. The van der Waals surface area contributed by atoms with Crippen LogP contribution >= 0.6 is 0 Å². The molecule has 0 spiro atoms. The maximum Gasteiger partial charge on any atom is 0.291 e. The second-order valence-electron chi connectivity index (χ2n) is 6.56. The van der Waals surface area contributed by atoms with Crippen LogP contribution in [0.1, 0.15) is 22.5 Å². The number of terminal acetylenes is 1. The summed E-state index contributed by atoms with van der Waals surface area (Å²) >= 11 is 0. The van der Waals surface area contributed by atoms with E-state index in [-0.39, 0.29) is 49.4 Å². The Kier molecular flexibility index (Phi) is 6.85. The van der Waals surface area contributed by atoms with Gasteiger partial charge >= 0.3 is 0 Å². The van der Waals surface area contributed by atoms with Crippen LogP contribution in [0, 0.1) is 12.3 Å². The van der Waals surface area contributed by atoms with Crippen LogP contribution in [0.5, 0.6) is 0 Å². The highest BCUT2D eigenvalue weighted by molar-refractivity contribution is 6.04. The van der Waals surface area contributed by atoms with Crippen molar-refractivity contribution in [3.05, 3.63) is 65.9 Å². The number of furan rings is 1. The number of anilines is 1. The lowest BCUT2D eigenvalue weighted by Gasteiger charge is -2.07. The largest absolute Gasteiger partial charge is 0.451 e. The molecule has 1 heterocycles. The van der Waals surface area contributed by atoms with Crippen LogP contribution in [0.3, 0.4) is 0 Å². The summed E-state index contributed by atoms with van der Waals surface area (Å²) in [6.45, 7) is 0.410. The number of hydrogen-bond donors (Lipinski definition) is 3. The van der Waals surface area contributed by atoms with E-state index in [1.807, 2.05) is 18.2 Å². The molecule has 30 heavy (non-hydrogen) atoms. The molecule has 0 bridgehead atoms. The van der Waals surface area contributed by atoms with Crippen molar-refractivity contribution in [2.45, 2.75) is 12.8 Å². The van der Waals surface area contributed by atoms with E-state index in [0.29, 0.717) is 11.3 Å². The summed E-state index contributed by atoms with van der Waals surface area (Å²) in [6.07, 6.45) is 5.40. The number of nitrogens with one attached hydrogen (secondary N) is 3. The van der Waals surface area contributed by atoms with Gasteiger partial charge in [0.05, 0.1) is 13.0 Å². The molecule has 0 saturated carbocycles. The van der Waals surface area contributed by atoms with E-state index in [2.05, 4.69) is 21.9 Å². The Morgan fingerprint density at radius 2 is 1.73 bits per heavy atom. The molecule has 0 aliphatic rings. The summed E-state index contributed by atoms with van der Waals surface area (Å²) in [5.74, 6) is 1.79. The zero-order valence-electron chi connectivity index (χ0n) is 16.2. The molecule has 3 aromatic rings. The van der Waals surface area contributed by atoms with Gasteiger partial charge in [0.25, 0.3) is 5.91 Å². The Balaban J connectivity index is 1.47. The third kappa shape index (κ3) is 5.72. The number of carbonyl (C=O) groups is 3. The van der Waals surface area contributed by atoms with Crippen molar-refractivity contribution in [2.24, 2.45) is 0 Å². The lowest BCUT2D eigenvalue weighted by atomic mass is 10.1. The second-order valence-corrected chi connectivity index (χ2v) is 6.56. The van der Waals surface area contributed by atoms with Gasteiger partial charge < -0.3 is 20.4 Å². The average Bonchev–Trinajstić information content (AvgIpc) is 3.18. The van der Waals surface area contributed by atoms with E-state index >= 15 is 0 Å². The van der Waals surface area contributed by atoms with Crippen LogP contribution in [0.4, 0.5) is 5.69 Å². The van der Waals surface area contributed by atoms with E-state index in [1.54, 1.807) is 36.4 Å². The number of rotatable bonds is 8. The second kappa shape index (κ2) is 9.94. The molecule has 3 rings (SSSR count). The maximum atomic E-state index is 12.4. The quantitative estimate of drug-likeness (QED) is 0.503. The minimum Gasteiger partial charge on any atom is -0.451 e. The van der Waals surface area contributed by atoms with Crippen molar-refractivity contribution in [2.75, 3.05) is 18.4 Å². The minimum absolute atomic E-state index is 0.167. The zero-order chi connectivity index (χ0) is 21.3. The average molecular weight is 403 g/mol. The fraction of sp³-hybridized carbons (Fsp3) is 0.174. The smallest absolute Gasteiger partial charge is 0.291 e. The SMILES string of the molecule is C#CCNC(=O)CCNC(=O)Cc1ccc(NC(=O)c2cc3ccccc3o2)cc1. The number of hydrogen-bond acceptors (Lipinski definition) is 4. The molecule has 0 aliphatic carbocycles. The molecule has 7 nitrogen and oxygen atoms in total. The Morgan fingerprint density at radius 1 is 0.967 bits per heavy atom. The first kappa shape index (κ1) is 20.7. The van der Waals surface area contributed by atoms with Crippen LogP contribution < -0.4 is 16.0 Å². The number of amides is 3. The number of benzene rings is 2. The summed E-state index contributed by atoms with van der Waals surface area (Å²) in [5.41, 5.74) is 2.03. The third-order valence-corrected chi connectivity index (χ3v) is 4.29. The van der Waals surface area contributed by atoms with Gasteiger partial charge in [0.2, 0.25) is 11.8 Å². The van der Waals surface area contributed by atoms with Crippen molar-refractivity contribution >= 4 is 34.4 Å². The summed E-state index contributed by atoms with van der Waals surface area (Å²) in [7, 11) is 0. The number of carbonyl (C=O) groups excluding carboxylic acids is 3. The lowest BCUT2D eigenvalue weighted by Crippen LogP contribution is -2.31. The highest BCUT2D eigenvalue weighted by atomic mass is 16.3. The molecule has 0 atom stereocenters. The van der Waals surface area contributed by atoms with Crippen molar-refractivity contribution in [1.82, 2.24) is 10.6 Å². The van der Waals surface area contributed by atoms with Gasteiger partial charge in [-0.2, -0.15) is 0 Å². The lowest BCUT2D eigenvalue weighted by molar-refractivity contribution is -0.121. The third-order valence-electron chi connectivity index (χ3n) is 4.29. The Bertz CT molecular complexity index is 1060. The monoisotopic (exact) mass is 403 g/mol. The fourth-order valence-electron chi connectivity index (χ4n) is 2.79. The molecule has 7 heteroatoms. The van der Waals surface area contributed by atoms with Crippen molar-refractivity contribution in [1.29, 1.82) is 0 Å². The predicted molar refractivity (Wildman–Crippen MR) is 114 cm³/mol. The summed E-state index contributed by atoms with van der Waals surface area (Å²) < 4.78 is 5.55. The van der Waals surface area contributed by atoms with E-state index < -0.39 is 0 Å². The highest BCUT2D eigenvalue weighted by Gasteiger charge is 2.12. The van der Waals surface area contributed by atoms with Crippen LogP contribution in [-0.2, 0) is 16.0 Å². The highest BCUT2D eigenvalue weighted by Crippen LogP contribution is 2.20. The zero-order valence-corrected chi connectivity index (χ0v) is 16.2. The van der Waals surface area contributed by atoms with Crippen molar-refractivity contribution < 1.29 is 18.8 Å². The molecule has 0 unspecified atom stereocenters. The Morgan fingerprint density at radius 3 is 2.47 bits per heavy atom. The van der Waals surface area contributed by atoms with E-state index in [9.17, 15) is 14.4 Å².